The molecule has 0 unspecified atom stereocenters. The highest BCUT2D eigenvalue weighted by molar-refractivity contribution is 5.87. The Morgan fingerprint density at radius 3 is 2.54 bits per heavy atom. The van der Waals surface area contributed by atoms with Crippen LogP contribution < -0.4 is 11.1 Å². The zero-order valence-corrected chi connectivity index (χ0v) is 16.2. The molecule has 146 valence electrons. The summed E-state index contributed by atoms with van der Waals surface area (Å²) in [5, 5.41) is 2.62. The van der Waals surface area contributed by atoms with Crippen LogP contribution in [0.25, 0.3) is 0 Å². The third kappa shape index (κ3) is 6.57. The van der Waals surface area contributed by atoms with Gasteiger partial charge in [-0.05, 0) is 48.8 Å². The van der Waals surface area contributed by atoms with Gasteiger partial charge in [-0.1, -0.05) is 26.0 Å². The molecule has 1 aliphatic heterocycles. The molecule has 0 aliphatic carbocycles. The van der Waals surface area contributed by atoms with Crippen LogP contribution in [0, 0.1) is 17.7 Å². The highest BCUT2D eigenvalue weighted by Crippen LogP contribution is 2.22. The van der Waals surface area contributed by atoms with Gasteiger partial charge in [0.05, 0.1) is 12.6 Å². The lowest BCUT2D eigenvalue weighted by Crippen LogP contribution is -2.49. The highest BCUT2D eigenvalue weighted by Gasteiger charge is 2.24. The maximum atomic E-state index is 13.2. The molecule has 3 N–H and O–H groups in total. The normalized spacial score (nSPS) is 16.1. The second kappa shape index (κ2) is 10.5. The molecule has 1 atom stereocenters. The van der Waals surface area contributed by atoms with E-state index in [9.17, 15) is 14.0 Å². The number of carbonyl (C=O) groups excluding carboxylic acids is 2. The summed E-state index contributed by atoms with van der Waals surface area (Å²) in [5.41, 5.74) is 6.76. The fourth-order valence-electron chi connectivity index (χ4n) is 3.08. The summed E-state index contributed by atoms with van der Waals surface area (Å²) >= 11 is 0. The minimum Gasteiger partial charge on any atom is -0.346 e. The van der Waals surface area contributed by atoms with Crippen LogP contribution in [-0.2, 0) is 16.0 Å². The van der Waals surface area contributed by atoms with Crippen LogP contribution >= 0.6 is 12.4 Å². The summed E-state index contributed by atoms with van der Waals surface area (Å²) in [6, 6.07) is 6.10. The standard InChI is InChI=1S/C19H28FN3O2.ClH/c1-13(2)18(21)19(25)22-12-17(24)23-8-6-14(7-9-23)10-15-4-3-5-16(20)11-15;/h3-5,11,13-14,18H,6-10,12,21H2,1-2H3,(H,22,25);1H/t18-;/m0./s1. The van der Waals surface area contributed by atoms with E-state index >= 15 is 0 Å². The maximum Gasteiger partial charge on any atom is 0.241 e. The smallest absolute Gasteiger partial charge is 0.241 e. The quantitative estimate of drug-likeness (QED) is 0.787. The number of rotatable bonds is 6. The van der Waals surface area contributed by atoms with Crippen molar-refractivity contribution in [1.29, 1.82) is 0 Å². The third-order valence-corrected chi connectivity index (χ3v) is 4.82. The minimum absolute atomic E-state index is 0. The van der Waals surface area contributed by atoms with Gasteiger partial charge in [-0.25, -0.2) is 4.39 Å². The number of carbonyl (C=O) groups is 2. The van der Waals surface area contributed by atoms with Crippen LogP contribution in [0.15, 0.2) is 24.3 Å². The zero-order chi connectivity index (χ0) is 18.4. The van der Waals surface area contributed by atoms with Gasteiger partial charge in [-0.15, -0.1) is 12.4 Å². The molecule has 2 rings (SSSR count). The predicted molar refractivity (Wildman–Crippen MR) is 102 cm³/mol. The summed E-state index contributed by atoms with van der Waals surface area (Å²) in [4.78, 5) is 25.8. The van der Waals surface area contributed by atoms with Gasteiger partial charge in [0.1, 0.15) is 5.82 Å². The van der Waals surface area contributed by atoms with Gasteiger partial charge >= 0.3 is 0 Å². The number of likely N-dealkylation sites (tertiary alicyclic amines) is 1. The van der Waals surface area contributed by atoms with Crippen molar-refractivity contribution in [2.24, 2.45) is 17.6 Å². The Balaban J connectivity index is 0.00000338. The first-order valence-corrected chi connectivity index (χ1v) is 8.92. The Morgan fingerprint density at radius 1 is 1.31 bits per heavy atom. The van der Waals surface area contributed by atoms with Crippen molar-refractivity contribution < 1.29 is 14.0 Å². The van der Waals surface area contributed by atoms with E-state index in [0.717, 1.165) is 24.8 Å². The minimum atomic E-state index is -0.593. The molecule has 7 heteroatoms. The summed E-state index contributed by atoms with van der Waals surface area (Å²) in [6.45, 7) is 5.08. The molecule has 5 nitrogen and oxygen atoms in total. The number of benzene rings is 1. The van der Waals surface area contributed by atoms with Crippen molar-refractivity contribution in [3.63, 3.8) is 0 Å². The molecule has 1 aromatic carbocycles. The molecular weight excluding hydrogens is 357 g/mol. The highest BCUT2D eigenvalue weighted by atomic mass is 35.5. The number of nitrogens with zero attached hydrogens (tertiary/aromatic N) is 1. The van der Waals surface area contributed by atoms with Gasteiger partial charge in [-0.2, -0.15) is 0 Å². The van der Waals surface area contributed by atoms with Crippen molar-refractivity contribution in [3.8, 4) is 0 Å². The number of nitrogens with one attached hydrogen (secondary N) is 1. The first kappa shape index (κ1) is 22.4. The molecule has 0 aromatic heterocycles. The second-order valence-electron chi connectivity index (χ2n) is 7.15. The number of hydrogen-bond acceptors (Lipinski definition) is 3. The summed E-state index contributed by atoms with van der Waals surface area (Å²) in [5.74, 6) is -0.0817. The molecule has 26 heavy (non-hydrogen) atoms. The zero-order valence-electron chi connectivity index (χ0n) is 15.4. The van der Waals surface area contributed by atoms with Gasteiger partial charge < -0.3 is 16.0 Å². The van der Waals surface area contributed by atoms with Gasteiger partial charge in [0.15, 0.2) is 0 Å². The summed E-state index contributed by atoms with van der Waals surface area (Å²) in [6.07, 6.45) is 2.61. The van der Waals surface area contributed by atoms with Crippen molar-refractivity contribution in [3.05, 3.63) is 35.6 Å². The molecule has 0 saturated carbocycles. The van der Waals surface area contributed by atoms with E-state index < -0.39 is 6.04 Å². The van der Waals surface area contributed by atoms with Gasteiger partial charge in [0, 0.05) is 13.1 Å². The Labute approximate surface area is 160 Å². The summed E-state index contributed by atoms with van der Waals surface area (Å²) in [7, 11) is 0. The first-order chi connectivity index (χ1) is 11.9. The molecule has 0 bridgehead atoms. The fraction of sp³-hybridized carbons (Fsp3) is 0.579. The molecule has 0 spiro atoms. The lowest BCUT2D eigenvalue weighted by atomic mass is 9.90. The lowest BCUT2D eigenvalue weighted by Gasteiger charge is -2.32. The van der Waals surface area contributed by atoms with Crippen LogP contribution in [0.1, 0.15) is 32.3 Å². The van der Waals surface area contributed by atoms with Gasteiger partial charge in [0.2, 0.25) is 11.8 Å². The van der Waals surface area contributed by atoms with Crippen LogP contribution in [0.4, 0.5) is 4.39 Å². The second-order valence-corrected chi connectivity index (χ2v) is 7.15. The Hall–Kier alpha value is -1.66. The van der Waals surface area contributed by atoms with Crippen molar-refractivity contribution in [2.45, 2.75) is 39.2 Å². The Bertz CT molecular complexity index is 604. The number of amides is 2. The largest absolute Gasteiger partial charge is 0.346 e. The molecule has 1 saturated heterocycles. The van der Waals surface area contributed by atoms with Crippen molar-refractivity contribution >= 4 is 24.2 Å². The molecule has 1 aromatic rings. The average Bonchev–Trinajstić information content (AvgIpc) is 2.59. The summed E-state index contributed by atoms with van der Waals surface area (Å²) < 4.78 is 13.2. The molecule has 1 heterocycles. The van der Waals surface area contributed by atoms with Crippen LogP contribution in [0.3, 0.4) is 0 Å². The predicted octanol–water partition coefficient (Wildman–Crippen LogP) is 2.13. The Kier molecular flexibility index (Phi) is 9.02. The number of halogens is 2. The van der Waals surface area contributed by atoms with Gasteiger partial charge in [-0.3, -0.25) is 9.59 Å². The van der Waals surface area contributed by atoms with Crippen LogP contribution in [0.5, 0.6) is 0 Å². The Morgan fingerprint density at radius 2 is 1.96 bits per heavy atom. The van der Waals surface area contributed by atoms with Crippen molar-refractivity contribution in [1.82, 2.24) is 10.2 Å². The van der Waals surface area contributed by atoms with Gasteiger partial charge in [0.25, 0.3) is 0 Å². The molecule has 0 radical (unpaired) electrons. The number of piperidine rings is 1. The fourth-order valence-corrected chi connectivity index (χ4v) is 3.08. The number of hydrogen-bond donors (Lipinski definition) is 2. The van der Waals surface area contributed by atoms with E-state index in [4.69, 9.17) is 5.73 Å². The molecular formula is C19H29ClFN3O2. The van der Waals surface area contributed by atoms with E-state index in [-0.39, 0.29) is 42.5 Å². The SMILES string of the molecule is CC(C)[C@H](N)C(=O)NCC(=O)N1CCC(Cc2cccc(F)c2)CC1.Cl. The first-order valence-electron chi connectivity index (χ1n) is 8.92. The van der Waals surface area contributed by atoms with E-state index in [1.807, 2.05) is 19.9 Å². The topological polar surface area (TPSA) is 75.4 Å². The van der Waals surface area contributed by atoms with E-state index in [2.05, 4.69) is 5.32 Å². The van der Waals surface area contributed by atoms with E-state index in [1.54, 1.807) is 17.0 Å². The number of nitrogens with two attached hydrogens (primary N) is 1. The van der Waals surface area contributed by atoms with Crippen LogP contribution in [0.2, 0.25) is 0 Å². The average molecular weight is 386 g/mol. The third-order valence-electron chi connectivity index (χ3n) is 4.82. The van der Waals surface area contributed by atoms with E-state index in [0.29, 0.717) is 19.0 Å². The van der Waals surface area contributed by atoms with Crippen LogP contribution in [-0.4, -0.2) is 42.4 Å². The van der Waals surface area contributed by atoms with Crippen molar-refractivity contribution in [2.75, 3.05) is 19.6 Å². The molecule has 1 fully saturated rings. The maximum absolute atomic E-state index is 13.2. The monoisotopic (exact) mass is 385 g/mol. The molecule has 1 aliphatic rings. The lowest BCUT2D eigenvalue weighted by molar-refractivity contribution is -0.134. The molecule has 2 amide bonds. The van der Waals surface area contributed by atoms with E-state index in [1.165, 1.54) is 6.07 Å².